The summed E-state index contributed by atoms with van der Waals surface area (Å²) in [4.78, 5) is 20.9. The second-order valence-corrected chi connectivity index (χ2v) is 8.12. The smallest absolute Gasteiger partial charge is 0.259 e. The maximum atomic E-state index is 13.1. The molecule has 2 heterocycles. The van der Waals surface area contributed by atoms with Crippen LogP contribution in [-0.4, -0.2) is 26.2 Å². The topological polar surface area (TPSA) is 57.8 Å². The summed E-state index contributed by atoms with van der Waals surface area (Å²) in [6.07, 6.45) is 5.93. The van der Waals surface area contributed by atoms with E-state index in [1.807, 2.05) is 61.5 Å². The highest BCUT2D eigenvalue weighted by Gasteiger charge is 2.25. The van der Waals surface area contributed by atoms with E-state index in [0.717, 1.165) is 41.4 Å². The Morgan fingerprint density at radius 2 is 1.93 bits per heavy atom. The van der Waals surface area contributed by atoms with Crippen molar-refractivity contribution in [3.05, 3.63) is 64.2 Å². The minimum atomic E-state index is -0.0915. The molecule has 144 valence electrons. The van der Waals surface area contributed by atoms with Crippen LogP contribution in [0.1, 0.15) is 39.4 Å². The number of anilines is 2. The van der Waals surface area contributed by atoms with E-state index in [9.17, 15) is 4.79 Å². The van der Waals surface area contributed by atoms with Crippen molar-refractivity contribution in [2.75, 3.05) is 24.3 Å². The van der Waals surface area contributed by atoms with Gasteiger partial charge in [0.25, 0.3) is 5.91 Å². The lowest BCUT2D eigenvalue weighted by molar-refractivity contribution is 0.102. The highest BCUT2D eigenvalue weighted by molar-refractivity contribution is 7.16. The van der Waals surface area contributed by atoms with E-state index in [0.29, 0.717) is 11.3 Å². The number of carbonyl (C=O) groups is 1. The number of aryl methyl sites for hydroxylation is 1. The van der Waals surface area contributed by atoms with Gasteiger partial charge in [0.15, 0.2) is 5.88 Å². The predicted molar refractivity (Wildman–Crippen MR) is 116 cm³/mol. The van der Waals surface area contributed by atoms with Gasteiger partial charge in [0.05, 0.1) is 11.8 Å². The molecule has 1 N–H and O–H groups in total. The van der Waals surface area contributed by atoms with Gasteiger partial charge < -0.3 is 14.6 Å². The van der Waals surface area contributed by atoms with Crippen LogP contribution in [-0.2, 0) is 12.8 Å². The van der Waals surface area contributed by atoms with Crippen molar-refractivity contribution in [2.45, 2.75) is 25.7 Å². The van der Waals surface area contributed by atoms with E-state index >= 15 is 0 Å². The van der Waals surface area contributed by atoms with E-state index in [1.165, 1.54) is 11.3 Å². The van der Waals surface area contributed by atoms with Crippen LogP contribution in [0.3, 0.4) is 0 Å². The molecule has 0 saturated carbocycles. The summed E-state index contributed by atoms with van der Waals surface area (Å²) in [7, 11) is 3.86. The molecule has 0 unspecified atom stereocenters. The number of hydrogen-bond acceptors (Lipinski definition) is 5. The van der Waals surface area contributed by atoms with Gasteiger partial charge in [0.2, 0.25) is 0 Å². The summed E-state index contributed by atoms with van der Waals surface area (Å²) >= 11 is 1.62. The summed E-state index contributed by atoms with van der Waals surface area (Å²) in [6, 6.07) is 13.3. The Labute approximate surface area is 168 Å². The number of amides is 1. The quantitative estimate of drug-likeness (QED) is 0.599. The van der Waals surface area contributed by atoms with Crippen LogP contribution >= 0.6 is 11.3 Å². The maximum absolute atomic E-state index is 13.1. The molecule has 1 aromatic carbocycles. The Bertz CT molecular complexity index is 1000. The average molecular weight is 394 g/mol. The molecule has 0 aliphatic heterocycles. The molecule has 1 amide bonds. The third-order valence-corrected chi connectivity index (χ3v) is 5.97. The Morgan fingerprint density at radius 1 is 1.14 bits per heavy atom. The lowest BCUT2D eigenvalue weighted by Gasteiger charge is -2.12. The molecule has 6 heteroatoms. The predicted octanol–water partition coefficient (Wildman–Crippen LogP) is 5.29. The number of fused-ring (bicyclic) bond motifs is 1. The average Bonchev–Trinajstić information content (AvgIpc) is 3.31. The number of nitrogens with zero attached hydrogens (tertiary/aromatic N) is 2. The van der Waals surface area contributed by atoms with Gasteiger partial charge in [-0.3, -0.25) is 4.79 Å². The van der Waals surface area contributed by atoms with Crippen molar-refractivity contribution in [3.63, 3.8) is 0 Å². The van der Waals surface area contributed by atoms with Crippen molar-refractivity contribution >= 4 is 40.0 Å². The van der Waals surface area contributed by atoms with E-state index in [1.54, 1.807) is 17.6 Å². The number of thiophene rings is 1. The van der Waals surface area contributed by atoms with Crippen molar-refractivity contribution in [1.29, 1.82) is 0 Å². The zero-order chi connectivity index (χ0) is 19.5. The normalized spacial score (nSPS) is 13.5. The van der Waals surface area contributed by atoms with Crippen LogP contribution in [0.15, 0.2) is 51.9 Å². The molecular weight excluding hydrogens is 370 g/mol. The third-order valence-electron chi connectivity index (χ3n) is 4.77. The Balaban J connectivity index is 1.65. The van der Waals surface area contributed by atoms with E-state index in [4.69, 9.17) is 4.42 Å². The zero-order valence-electron chi connectivity index (χ0n) is 16.1. The molecule has 0 fully saturated rings. The molecule has 0 atom stereocenters. The van der Waals surface area contributed by atoms with Gasteiger partial charge in [0, 0.05) is 30.7 Å². The molecule has 0 spiro atoms. The first kappa shape index (κ1) is 18.5. The first-order valence-corrected chi connectivity index (χ1v) is 10.3. The number of aliphatic imine (C=N–C) groups is 1. The minimum Gasteiger partial charge on any atom is -0.440 e. The summed E-state index contributed by atoms with van der Waals surface area (Å²) in [5.41, 5.74) is 2.66. The molecule has 0 radical (unpaired) electrons. The van der Waals surface area contributed by atoms with Crippen molar-refractivity contribution in [1.82, 2.24) is 0 Å². The van der Waals surface area contributed by atoms with Gasteiger partial charge in [-0.2, -0.15) is 0 Å². The molecule has 4 rings (SSSR count). The van der Waals surface area contributed by atoms with Crippen LogP contribution in [0, 0.1) is 0 Å². The van der Waals surface area contributed by atoms with Crippen molar-refractivity contribution in [2.24, 2.45) is 4.99 Å². The van der Waals surface area contributed by atoms with E-state index in [2.05, 4.69) is 10.3 Å². The molecule has 0 bridgehead atoms. The number of furan rings is 1. The fourth-order valence-electron chi connectivity index (χ4n) is 3.37. The number of carbonyl (C=O) groups excluding carboxylic acids is 1. The van der Waals surface area contributed by atoms with E-state index < -0.39 is 0 Å². The Morgan fingerprint density at radius 3 is 2.68 bits per heavy atom. The van der Waals surface area contributed by atoms with Gasteiger partial charge in [-0.15, -0.1) is 11.3 Å². The SMILES string of the molecule is CN(C)c1ccc(C=Nc2sc3c(c2C(=O)Nc2ccccc2)CCCC3)o1. The summed E-state index contributed by atoms with van der Waals surface area (Å²) < 4.78 is 5.75. The number of benzene rings is 1. The largest absolute Gasteiger partial charge is 0.440 e. The van der Waals surface area contributed by atoms with Gasteiger partial charge >= 0.3 is 0 Å². The minimum absolute atomic E-state index is 0.0915. The molecule has 1 aliphatic rings. The zero-order valence-corrected chi connectivity index (χ0v) is 16.9. The monoisotopic (exact) mass is 393 g/mol. The first-order chi connectivity index (χ1) is 13.6. The highest BCUT2D eigenvalue weighted by atomic mass is 32.1. The molecule has 2 aromatic heterocycles. The van der Waals surface area contributed by atoms with E-state index in [-0.39, 0.29) is 5.91 Å². The Kier molecular flexibility index (Phi) is 5.30. The van der Waals surface area contributed by atoms with Gasteiger partial charge in [-0.25, -0.2) is 4.99 Å². The number of hydrogen-bond donors (Lipinski definition) is 1. The molecular formula is C22H23N3O2S. The molecule has 5 nitrogen and oxygen atoms in total. The second kappa shape index (κ2) is 8.02. The maximum Gasteiger partial charge on any atom is 0.259 e. The lowest BCUT2D eigenvalue weighted by atomic mass is 9.95. The third kappa shape index (κ3) is 3.87. The van der Waals surface area contributed by atoms with Crippen molar-refractivity contribution < 1.29 is 9.21 Å². The summed E-state index contributed by atoms with van der Waals surface area (Å²) in [5, 5.41) is 3.77. The first-order valence-electron chi connectivity index (χ1n) is 9.44. The highest BCUT2D eigenvalue weighted by Crippen LogP contribution is 2.40. The molecule has 28 heavy (non-hydrogen) atoms. The molecule has 0 saturated heterocycles. The van der Waals surface area contributed by atoms with Gasteiger partial charge in [-0.05, 0) is 49.4 Å². The van der Waals surface area contributed by atoms with Crippen LogP contribution in [0.4, 0.5) is 16.6 Å². The number of nitrogens with one attached hydrogen (secondary N) is 1. The summed E-state index contributed by atoms with van der Waals surface area (Å²) in [6.45, 7) is 0. The van der Waals surface area contributed by atoms with Crippen LogP contribution < -0.4 is 10.2 Å². The van der Waals surface area contributed by atoms with Crippen molar-refractivity contribution in [3.8, 4) is 0 Å². The fraction of sp³-hybridized carbons (Fsp3) is 0.273. The standard InChI is InChI=1S/C22H23N3O2S/c1-25(2)19-13-12-16(27-19)14-23-22-20(17-10-6-7-11-18(17)28-22)21(26)24-15-8-4-3-5-9-15/h3-5,8-9,12-14H,6-7,10-11H2,1-2H3,(H,24,26). The molecule has 1 aliphatic carbocycles. The van der Waals surface area contributed by atoms with Gasteiger partial charge in [-0.1, -0.05) is 18.2 Å². The van der Waals surface area contributed by atoms with Crippen LogP contribution in [0.5, 0.6) is 0 Å². The van der Waals surface area contributed by atoms with Crippen LogP contribution in [0.2, 0.25) is 0 Å². The van der Waals surface area contributed by atoms with Crippen LogP contribution in [0.25, 0.3) is 0 Å². The fourth-order valence-corrected chi connectivity index (χ4v) is 4.60. The number of rotatable bonds is 5. The second-order valence-electron chi connectivity index (χ2n) is 7.04. The lowest BCUT2D eigenvalue weighted by Crippen LogP contribution is -2.14. The van der Waals surface area contributed by atoms with Gasteiger partial charge in [0.1, 0.15) is 10.8 Å². The summed E-state index contributed by atoms with van der Waals surface area (Å²) in [5.74, 6) is 1.35. The molecule has 3 aromatic rings. The number of para-hydroxylation sites is 1. The Hall–Kier alpha value is -2.86.